The van der Waals surface area contributed by atoms with E-state index >= 15 is 0 Å². The first-order valence-electron chi connectivity index (χ1n) is 6.79. The van der Waals surface area contributed by atoms with E-state index in [2.05, 4.69) is 10.3 Å². The largest absolute Gasteiger partial charge is 0.444 e. The number of nitrogens with one attached hydrogen (secondary N) is 1. The lowest BCUT2D eigenvalue weighted by Crippen LogP contribution is -2.12. The van der Waals surface area contributed by atoms with Crippen molar-refractivity contribution in [2.45, 2.75) is 39.0 Å². The highest BCUT2D eigenvalue weighted by Gasteiger charge is 2.29. The van der Waals surface area contributed by atoms with Gasteiger partial charge in [0.2, 0.25) is 0 Å². The molecule has 0 aliphatic rings. The van der Waals surface area contributed by atoms with Crippen LogP contribution in [0.2, 0.25) is 0 Å². The molecule has 0 aliphatic heterocycles. The van der Waals surface area contributed by atoms with E-state index in [1.807, 2.05) is 6.92 Å². The summed E-state index contributed by atoms with van der Waals surface area (Å²) in [4.78, 5) is 4.14. The minimum Gasteiger partial charge on any atom is -0.444 e. The van der Waals surface area contributed by atoms with Gasteiger partial charge in [0.25, 0.3) is 0 Å². The Morgan fingerprint density at radius 2 is 1.86 bits per heavy atom. The second-order valence-electron chi connectivity index (χ2n) is 4.77. The Bertz CT molecular complexity index is 561. The topological polar surface area (TPSA) is 38.1 Å². The van der Waals surface area contributed by atoms with Gasteiger partial charge >= 0.3 is 6.18 Å². The number of aromatic nitrogens is 1. The van der Waals surface area contributed by atoms with E-state index in [-0.39, 0.29) is 0 Å². The molecule has 0 saturated carbocycles. The highest BCUT2D eigenvalue weighted by molar-refractivity contribution is 5.24. The average molecular weight is 298 g/mol. The van der Waals surface area contributed by atoms with Crippen molar-refractivity contribution < 1.29 is 17.6 Å². The van der Waals surface area contributed by atoms with Crippen molar-refractivity contribution in [1.29, 1.82) is 0 Å². The van der Waals surface area contributed by atoms with Crippen LogP contribution in [-0.4, -0.2) is 4.98 Å². The van der Waals surface area contributed by atoms with Gasteiger partial charge in [-0.1, -0.05) is 19.1 Å². The Labute approximate surface area is 121 Å². The summed E-state index contributed by atoms with van der Waals surface area (Å²) in [5.41, 5.74) is 0.155. The third-order valence-electron chi connectivity index (χ3n) is 2.97. The Morgan fingerprint density at radius 3 is 2.48 bits per heavy atom. The Hall–Kier alpha value is -1.82. The molecule has 2 rings (SSSR count). The summed E-state index contributed by atoms with van der Waals surface area (Å²) in [6, 6.07) is 5.12. The maximum absolute atomic E-state index is 12.4. The maximum Gasteiger partial charge on any atom is 0.416 e. The molecule has 1 aromatic heterocycles. The lowest BCUT2D eigenvalue weighted by molar-refractivity contribution is -0.137. The zero-order valence-electron chi connectivity index (χ0n) is 11.7. The molecule has 0 aliphatic carbocycles. The zero-order valence-corrected chi connectivity index (χ0v) is 11.7. The van der Waals surface area contributed by atoms with Crippen LogP contribution in [0.4, 0.5) is 13.2 Å². The van der Waals surface area contributed by atoms with Crippen LogP contribution >= 0.6 is 0 Å². The van der Waals surface area contributed by atoms with Gasteiger partial charge in [0, 0.05) is 13.0 Å². The summed E-state index contributed by atoms with van der Waals surface area (Å²) in [5, 5.41) is 3.12. The molecule has 0 amide bonds. The van der Waals surface area contributed by atoms with E-state index in [0.717, 1.165) is 36.3 Å². The van der Waals surface area contributed by atoms with Gasteiger partial charge in [-0.05, 0) is 24.1 Å². The normalized spacial score (nSPS) is 11.8. The van der Waals surface area contributed by atoms with Gasteiger partial charge in [-0.3, -0.25) is 0 Å². The zero-order chi connectivity index (χ0) is 15.3. The van der Waals surface area contributed by atoms with Crippen molar-refractivity contribution in [3.8, 4) is 0 Å². The van der Waals surface area contributed by atoms with Gasteiger partial charge in [-0.2, -0.15) is 13.2 Å². The molecule has 0 spiro atoms. The van der Waals surface area contributed by atoms with Crippen LogP contribution in [0, 0.1) is 0 Å². The van der Waals surface area contributed by atoms with Crippen molar-refractivity contribution in [2.75, 3.05) is 0 Å². The smallest absolute Gasteiger partial charge is 0.416 e. The summed E-state index contributed by atoms with van der Waals surface area (Å²) in [6.07, 6.45) is -0.843. The van der Waals surface area contributed by atoms with Gasteiger partial charge in [0.05, 0.1) is 18.3 Å². The molecular weight excluding hydrogens is 281 g/mol. The molecule has 0 atom stereocenters. The molecule has 0 fully saturated rings. The molecule has 6 heteroatoms. The van der Waals surface area contributed by atoms with Crippen molar-refractivity contribution in [3.05, 3.63) is 53.2 Å². The maximum atomic E-state index is 12.4. The lowest BCUT2D eigenvalue weighted by Gasteiger charge is -2.08. The van der Waals surface area contributed by atoms with Crippen LogP contribution in [0.25, 0.3) is 0 Å². The van der Waals surface area contributed by atoms with Crippen molar-refractivity contribution in [1.82, 2.24) is 10.3 Å². The van der Waals surface area contributed by atoms with E-state index < -0.39 is 11.7 Å². The molecule has 0 unspecified atom stereocenters. The van der Waals surface area contributed by atoms with E-state index in [0.29, 0.717) is 19.0 Å². The molecule has 21 heavy (non-hydrogen) atoms. The first-order valence-corrected chi connectivity index (χ1v) is 6.79. The van der Waals surface area contributed by atoms with Crippen LogP contribution in [0.1, 0.15) is 36.1 Å². The highest BCUT2D eigenvalue weighted by Crippen LogP contribution is 2.29. The summed E-state index contributed by atoms with van der Waals surface area (Å²) >= 11 is 0. The summed E-state index contributed by atoms with van der Waals surface area (Å²) in [7, 11) is 0. The number of hydrogen-bond donors (Lipinski definition) is 1. The summed E-state index contributed by atoms with van der Waals surface area (Å²) in [6.45, 7) is 3.02. The minimum absolute atomic E-state index is 0.474. The second-order valence-corrected chi connectivity index (χ2v) is 4.77. The fourth-order valence-electron chi connectivity index (χ4n) is 1.90. The third kappa shape index (κ3) is 4.60. The van der Waals surface area contributed by atoms with Crippen LogP contribution in [0.5, 0.6) is 0 Å². The molecule has 0 saturated heterocycles. The fraction of sp³-hybridized carbons (Fsp3) is 0.400. The predicted molar refractivity (Wildman–Crippen MR) is 72.5 cm³/mol. The molecule has 3 nitrogen and oxygen atoms in total. The van der Waals surface area contributed by atoms with Crippen molar-refractivity contribution in [2.24, 2.45) is 0 Å². The first kappa shape index (κ1) is 15.6. The number of aryl methyl sites for hydroxylation is 1. The standard InChI is InChI=1S/C15H17F3N2O/c1-2-3-14-20-10-13(21-14)9-19-8-11-4-6-12(7-5-11)15(16,17)18/h4-7,10,19H,2-3,8-9H2,1H3. The average Bonchev–Trinajstić information content (AvgIpc) is 2.86. The number of alkyl halides is 3. The number of halogens is 3. The fourth-order valence-corrected chi connectivity index (χ4v) is 1.90. The van der Waals surface area contributed by atoms with E-state index in [1.54, 1.807) is 6.20 Å². The van der Waals surface area contributed by atoms with Crippen LogP contribution in [-0.2, 0) is 25.7 Å². The first-order chi connectivity index (χ1) is 9.99. The van der Waals surface area contributed by atoms with Gasteiger partial charge in [0.1, 0.15) is 5.76 Å². The van der Waals surface area contributed by atoms with Gasteiger partial charge in [0.15, 0.2) is 5.89 Å². The van der Waals surface area contributed by atoms with E-state index in [4.69, 9.17) is 4.42 Å². The predicted octanol–water partition coefficient (Wildman–Crippen LogP) is 3.94. The lowest BCUT2D eigenvalue weighted by atomic mass is 10.1. The molecule has 1 heterocycles. The number of rotatable bonds is 6. The van der Waals surface area contributed by atoms with E-state index in [1.165, 1.54) is 12.1 Å². The van der Waals surface area contributed by atoms with Crippen LogP contribution in [0.3, 0.4) is 0 Å². The number of nitrogens with zero attached hydrogens (tertiary/aromatic N) is 1. The molecule has 1 aromatic carbocycles. The number of benzene rings is 1. The monoisotopic (exact) mass is 298 g/mol. The minimum atomic E-state index is -4.29. The molecule has 114 valence electrons. The van der Waals surface area contributed by atoms with Crippen LogP contribution < -0.4 is 5.32 Å². The quantitative estimate of drug-likeness (QED) is 0.878. The summed E-state index contributed by atoms with van der Waals surface area (Å²) in [5.74, 6) is 1.44. The third-order valence-corrected chi connectivity index (χ3v) is 2.97. The van der Waals surface area contributed by atoms with Crippen LogP contribution in [0.15, 0.2) is 34.9 Å². The molecule has 1 N–H and O–H groups in total. The van der Waals surface area contributed by atoms with Gasteiger partial charge in [-0.15, -0.1) is 0 Å². The highest BCUT2D eigenvalue weighted by atomic mass is 19.4. The van der Waals surface area contributed by atoms with Crippen molar-refractivity contribution in [3.63, 3.8) is 0 Å². The van der Waals surface area contributed by atoms with Crippen molar-refractivity contribution >= 4 is 0 Å². The number of oxazole rings is 1. The second kappa shape index (κ2) is 6.76. The van der Waals surface area contributed by atoms with Gasteiger partial charge in [-0.25, -0.2) is 4.98 Å². The Kier molecular flexibility index (Phi) is 5.01. The molecule has 0 radical (unpaired) electrons. The Morgan fingerprint density at radius 1 is 1.14 bits per heavy atom. The SMILES string of the molecule is CCCc1ncc(CNCc2ccc(C(F)(F)F)cc2)o1. The number of hydrogen-bond acceptors (Lipinski definition) is 3. The summed E-state index contributed by atoms with van der Waals surface area (Å²) < 4.78 is 42.8. The Balaban J connectivity index is 1.82. The molecule has 0 bridgehead atoms. The molecular formula is C15H17F3N2O. The van der Waals surface area contributed by atoms with Gasteiger partial charge < -0.3 is 9.73 Å². The molecule has 2 aromatic rings. The van der Waals surface area contributed by atoms with E-state index in [9.17, 15) is 13.2 Å².